The monoisotopic (exact) mass is 387 g/mol. The number of fused-ring (bicyclic) bond motifs is 1. The number of hydrogen-bond acceptors (Lipinski definition) is 7. The molecule has 0 spiro atoms. The van der Waals surface area contributed by atoms with Gasteiger partial charge in [-0.15, -0.1) is 10.2 Å². The smallest absolute Gasteiger partial charge is 0.223 e. The van der Waals surface area contributed by atoms with Crippen molar-refractivity contribution in [2.24, 2.45) is 0 Å². The van der Waals surface area contributed by atoms with Gasteiger partial charge in [0.15, 0.2) is 0 Å². The largest absolute Gasteiger partial charge is 0.493 e. The highest BCUT2D eigenvalue weighted by atomic mass is 32.1. The van der Waals surface area contributed by atoms with Gasteiger partial charge >= 0.3 is 0 Å². The van der Waals surface area contributed by atoms with Crippen LogP contribution in [0.1, 0.15) is 37.4 Å². The molecule has 27 heavy (non-hydrogen) atoms. The van der Waals surface area contributed by atoms with Crippen molar-refractivity contribution >= 4 is 27.5 Å². The third kappa shape index (κ3) is 3.91. The Hall–Kier alpha value is -2.19. The molecule has 1 N–H and O–H groups in total. The number of piperazine rings is 1. The Morgan fingerprint density at radius 2 is 2.11 bits per heavy atom. The van der Waals surface area contributed by atoms with E-state index in [4.69, 9.17) is 4.74 Å². The second kappa shape index (κ2) is 7.82. The minimum absolute atomic E-state index is 0.119. The molecule has 0 bridgehead atoms. The molecule has 1 fully saturated rings. The summed E-state index contributed by atoms with van der Waals surface area (Å²) in [4.78, 5) is 15.9. The summed E-state index contributed by atoms with van der Waals surface area (Å²) in [5.74, 6) is 0.940. The van der Waals surface area contributed by atoms with E-state index in [2.05, 4.69) is 50.4 Å². The van der Waals surface area contributed by atoms with Crippen molar-refractivity contribution in [3.63, 3.8) is 0 Å². The molecule has 1 aromatic carbocycles. The van der Waals surface area contributed by atoms with Crippen molar-refractivity contribution < 1.29 is 9.53 Å². The van der Waals surface area contributed by atoms with Crippen LogP contribution in [-0.2, 0) is 11.2 Å². The quantitative estimate of drug-likeness (QED) is 0.851. The maximum Gasteiger partial charge on any atom is 0.223 e. The highest BCUT2D eigenvalue weighted by Crippen LogP contribution is 2.33. The van der Waals surface area contributed by atoms with Crippen LogP contribution in [0.2, 0.25) is 0 Å². The van der Waals surface area contributed by atoms with Crippen LogP contribution in [0.3, 0.4) is 0 Å². The molecule has 7 nitrogen and oxygen atoms in total. The molecule has 2 aliphatic heterocycles. The average molecular weight is 388 g/mol. The van der Waals surface area contributed by atoms with Gasteiger partial charge in [-0.25, -0.2) is 0 Å². The van der Waals surface area contributed by atoms with Gasteiger partial charge in [0.2, 0.25) is 16.2 Å². The lowest BCUT2D eigenvalue weighted by Gasteiger charge is -2.39. The molecule has 1 amide bonds. The fraction of sp³-hybridized carbons (Fsp3) is 0.526. The molecule has 1 atom stereocenters. The van der Waals surface area contributed by atoms with E-state index in [1.54, 1.807) is 0 Å². The molecule has 1 saturated heterocycles. The van der Waals surface area contributed by atoms with Gasteiger partial charge in [0.05, 0.1) is 6.61 Å². The Morgan fingerprint density at radius 1 is 1.30 bits per heavy atom. The fourth-order valence-electron chi connectivity index (χ4n) is 3.86. The molecule has 1 unspecified atom stereocenters. The van der Waals surface area contributed by atoms with Gasteiger partial charge in [-0.2, -0.15) is 0 Å². The summed E-state index contributed by atoms with van der Waals surface area (Å²) in [7, 11) is 0. The van der Waals surface area contributed by atoms with Crippen LogP contribution in [0, 0.1) is 0 Å². The van der Waals surface area contributed by atoms with Crippen LogP contribution in [0.15, 0.2) is 18.2 Å². The molecular weight excluding hydrogens is 362 g/mol. The first-order valence-electron chi connectivity index (χ1n) is 9.49. The second-order valence-electron chi connectivity index (χ2n) is 6.98. The summed E-state index contributed by atoms with van der Waals surface area (Å²) < 4.78 is 5.76. The number of carbonyl (C=O) groups is 1. The van der Waals surface area contributed by atoms with Crippen molar-refractivity contribution in [1.82, 2.24) is 15.1 Å². The highest BCUT2D eigenvalue weighted by molar-refractivity contribution is 7.19. The lowest BCUT2D eigenvalue weighted by Crippen LogP contribution is -2.47. The molecule has 2 aliphatic rings. The maximum absolute atomic E-state index is 11.2. The van der Waals surface area contributed by atoms with E-state index >= 15 is 0 Å². The number of rotatable bonds is 5. The number of amides is 1. The first-order chi connectivity index (χ1) is 13.1. The SMILES string of the molecule is CCC(c1ccc2c(c1)OCC2)N1CCN(c2nnc(NC(C)=O)s2)CC1. The van der Waals surface area contributed by atoms with E-state index in [9.17, 15) is 4.79 Å². The lowest BCUT2D eigenvalue weighted by atomic mass is 9.99. The lowest BCUT2D eigenvalue weighted by molar-refractivity contribution is -0.114. The van der Waals surface area contributed by atoms with Crippen molar-refractivity contribution in [2.75, 3.05) is 43.0 Å². The number of ether oxygens (including phenoxy) is 1. The zero-order chi connectivity index (χ0) is 18.8. The summed E-state index contributed by atoms with van der Waals surface area (Å²) >= 11 is 1.43. The molecular formula is C19H25N5O2S. The molecule has 1 aromatic heterocycles. The summed E-state index contributed by atoms with van der Waals surface area (Å²) in [5.41, 5.74) is 2.67. The predicted octanol–water partition coefficient (Wildman–Crippen LogP) is 2.70. The average Bonchev–Trinajstić information content (AvgIpc) is 3.31. The number of nitrogens with one attached hydrogen (secondary N) is 1. The Labute approximate surface area is 163 Å². The van der Waals surface area contributed by atoms with Crippen LogP contribution in [0.4, 0.5) is 10.3 Å². The molecule has 0 aliphatic carbocycles. The third-order valence-electron chi connectivity index (χ3n) is 5.21. The number of anilines is 2. The summed E-state index contributed by atoms with van der Waals surface area (Å²) in [6.07, 6.45) is 2.09. The number of aromatic nitrogens is 2. The Bertz CT molecular complexity index is 816. The Morgan fingerprint density at radius 3 is 2.85 bits per heavy atom. The van der Waals surface area contributed by atoms with Gasteiger partial charge < -0.3 is 15.0 Å². The van der Waals surface area contributed by atoms with Crippen molar-refractivity contribution in [3.8, 4) is 5.75 Å². The van der Waals surface area contributed by atoms with Gasteiger partial charge in [0.1, 0.15) is 5.75 Å². The van der Waals surface area contributed by atoms with Gasteiger partial charge in [-0.1, -0.05) is 30.4 Å². The first kappa shape index (κ1) is 18.2. The molecule has 3 heterocycles. The Balaban J connectivity index is 1.40. The van der Waals surface area contributed by atoms with E-state index in [-0.39, 0.29) is 5.91 Å². The van der Waals surface area contributed by atoms with Crippen molar-refractivity contribution in [2.45, 2.75) is 32.7 Å². The molecule has 2 aromatic rings. The van der Waals surface area contributed by atoms with Gasteiger partial charge in [0.25, 0.3) is 0 Å². The van der Waals surface area contributed by atoms with E-state index in [0.717, 1.165) is 56.5 Å². The number of carbonyl (C=O) groups excluding carboxylic acids is 1. The van der Waals surface area contributed by atoms with Gasteiger partial charge in [0, 0.05) is 45.6 Å². The summed E-state index contributed by atoms with van der Waals surface area (Å²) in [6, 6.07) is 7.12. The van der Waals surface area contributed by atoms with Crippen LogP contribution in [0.5, 0.6) is 5.75 Å². The molecule has 0 saturated carbocycles. The highest BCUT2D eigenvalue weighted by Gasteiger charge is 2.26. The Kier molecular flexibility index (Phi) is 5.27. The summed E-state index contributed by atoms with van der Waals surface area (Å²) in [5, 5.41) is 12.4. The van der Waals surface area contributed by atoms with E-state index in [1.165, 1.54) is 29.4 Å². The summed E-state index contributed by atoms with van der Waals surface area (Å²) in [6.45, 7) is 8.30. The van der Waals surface area contributed by atoms with Crippen molar-refractivity contribution in [3.05, 3.63) is 29.3 Å². The standard InChI is InChI=1S/C19H25N5O2S/c1-3-16(15-5-4-14-6-11-26-17(14)12-15)23-7-9-24(10-8-23)19-22-21-18(27-19)20-13(2)25/h4-5,12,16H,3,6-11H2,1-2H3,(H,20,21,25). The van der Waals surface area contributed by atoms with Gasteiger partial charge in [-0.3, -0.25) is 9.69 Å². The van der Waals surface area contributed by atoms with Crippen LogP contribution >= 0.6 is 11.3 Å². The molecule has 0 radical (unpaired) electrons. The molecule has 8 heteroatoms. The zero-order valence-corrected chi connectivity index (χ0v) is 16.6. The maximum atomic E-state index is 11.2. The minimum atomic E-state index is -0.119. The normalized spacial score (nSPS) is 18.1. The van der Waals surface area contributed by atoms with E-state index in [1.807, 2.05) is 0 Å². The van der Waals surface area contributed by atoms with Crippen molar-refractivity contribution in [1.29, 1.82) is 0 Å². The molecule has 4 rings (SSSR count). The number of hydrogen-bond donors (Lipinski definition) is 1. The van der Waals surface area contributed by atoms with Crippen LogP contribution in [-0.4, -0.2) is 53.8 Å². The van der Waals surface area contributed by atoms with Gasteiger partial charge in [-0.05, 0) is 23.6 Å². The molecule has 144 valence electrons. The number of nitrogens with zero attached hydrogens (tertiary/aromatic N) is 4. The van der Waals surface area contributed by atoms with Crippen LogP contribution < -0.4 is 15.0 Å². The topological polar surface area (TPSA) is 70.6 Å². The third-order valence-corrected chi connectivity index (χ3v) is 6.11. The predicted molar refractivity (Wildman–Crippen MR) is 107 cm³/mol. The second-order valence-corrected chi connectivity index (χ2v) is 7.94. The van der Waals surface area contributed by atoms with Crippen LogP contribution in [0.25, 0.3) is 0 Å². The fourth-order valence-corrected chi connectivity index (χ4v) is 4.71. The first-order valence-corrected chi connectivity index (χ1v) is 10.3. The number of benzene rings is 1. The van der Waals surface area contributed by atoms with E-state index < -0.39 is 0 Å². The zero-order valence-electron chi connectivity index (χ0n) is 15.8. The van der Waals surface area contributed by atoms with E-state index in [0.29, 0.717) is 11.2 Å². The minimum Gasteiger partial charge on any atom is -0.493 e.